The van der Waals surface area contributed by atoms with Crippen molar-refractivity contribution < 1.29 is 9.90 Å². The first-order valence-corrected chi connectivity index (χ1v) is 7.16. The molecule has 1 aliphatic carbocycles. The molecule has 3 rings (SSSR count). The normalized spacial score (nSPS) is 32.2. The number of benzene rings is 1. The van der Waals surface area contributed by atoms with Crippen LogP contribution >= 0.6 is 0 Å². The number of fused-ring (bicyclic) bond motifs is 1. The van der Waals surface area contributed by atoms with Crippen LogP contribution in [0, 0.1) is 11.3 Å². The third-order valence-corrected chi connectivity index (χ3v) is 5.15. The minimum atomic E-state index is -0.585. The predicted octanol–water partition coefficient (Wildman–Crippen LogP) is 2.93. The molecule has 1 aliphatic heterocycles. The molecule has 19 heavy (non-hydrogen) atoms. The Hall–Kier alpha value is -1.35. The van der Waals surface area contributed by atoms with Gasteiger partial charge in [0.2, 0.25) is 0 Å². The molecular weight excluding hydrogens is 238 g/mol. The molecule has 1 unspecified atom stereocenters. The number of hydrogen-bond donors (Lipinski definition) is 1. The summed E-state index contributed by atoms with van der Waals surface area (Å²) < 4.78 is 0. The Balaban J connectivity index is 1.81. The number of aliphatic carboxylic acids is 1. The van der Waals surface area contributed by atoms with Crippen molar-refractivity contribution >= 4 is 5.97 Å². The molecule has 1 saturated heterocycles. The lowest BCUT2D eigenvalue weighted by Crippen LogP contribution is -2.36. The van der Waals surface area contributed by atoms with Gasteiger partial charge in [0.25, 0.3) is 0 Å². The summed E-state index contributed by atoms with van der Waals surface area (Å²) in [6.45, 7) is 3.83. The molecule has 0 aromatic heterocycles. The fourth-order valence-corrected chi connectivity index (χ4v) is 3.92. The highest BCUT2D eigenvalue weighted by atomic mass is 16.4. The molecule has 1 saturated carbocycles. The van der Waals surface area contributed by atoms with Crippen LogP contribution in [-0.2, 0) is 4.79 Å². The molecular formula is C16H21NO2. The lowest BCUT2D eigenvalue weighted by atomic mass is 9.81. The van der Waals surface area contributed by atoms with E-state index >= 15 is 0 Å². The smallest absolute Gasteiger partial charge is 0.311 e. The maximum atomic E-state index is 11.7. The van der Waals surface area contributed by atoms with Gasteiger partial charge in [-0.25, -0.2) is 0 Å². The van der Waals surface area contributed by atoms with E-state index in [9.17, 15) is 9.90 Å². The topological polar surface area (TPSA) is 40.5 Å². The van der Waals surface area contributed by atoms with Gasteiger partial charge in [0.05, 0.1) is 5.41 Å². The van der Waals surface area contributed by atoms with Crippen LogP contribution in [0.2, 0.25) is 0 Å². The van der Waals surface area contributed by atoms with Crippen LogP contribution in [0.25, 0.3) is 0 Å². The van der Waals surface area contributed by atoms with Gasteiger partial charge in [0.15, 0.2) is 0 Å². The van der Waals surface area contributed by atoms with E-state index in [0.29, 0.717) is 18.5 Å². The quantitative estimate of drug-likeness (QED) is 0.907. The predicted molar refractivity (Wildman–Crippen MR) is 73.8 cm³/mol. The number of likely N-dealkylation sites (tertiary alicyclic amines) is 1. The minimum Gasteiger partial charge on any atom is -0.481 e. The highest BCUT2D eigenvalue weighted by molar-refractivity contribution is 5.76. The van der Waals surface area contributed by atoms with Gasteiger partial charge in [0.1, 0.15) is 0 Å². The Morgan fingerprint density at radius 3 is 2.79 bits per heavy atom. The summed E-state index contributed by atoms with van der Waals surface area (Å²) >= 11 is 0. The second kappa shape index (κ2) is 4.64. The number of nitrogens with zero attached hydrogens (tertiary/aromatic N) is 1. The highest BCUT2D eigenvalue weighted by Crippen LogP contribution is 2.50. The van der Waals surface area contributed by atoms with Gasteiger partial charge in [-0.2, -0.15) is 0 Å². The highest BCUT2D eigenvalue weighted by Gasteiger charge is 2.55. The SMILES string of the molecule is CC(c1ccccc1)N1C[C@@H]2CCC[C@@]2(C(=O)O)C1. The van der Waals surface area contributed by atoms with Gasteiger partial charge >= 0.3 is 5.97 Å². The Kier molecular flexibility index (Phi) is 3.09. The first kappa shape index (κ1) is 12.7. The molecule has 2 fully saturated rings. The standard InChI is InChI=1S/C16H21NO2/c1-12(13-6-3-2-4-7-13)17-10-14-8-5-9-16(14,11-17)15(18)19/h2-4,6-7,12,14H,5,8-11H2,1H3,(H,18,19)/t12?,14-,16+/m0/s1. The van der Waals surface area contributed by atoms with Crippen LogP contribution in [0.4, 0.5) is 0 Å². The van der Waals surface area contributed by atoms with Crippen molar-refractivity contribution in [2.75, 3.05) is 13.1 Å². The van der Waals surface area contributed by atoms with Crippen molar-refractivity contribution in [1.82, 2.24) is 4.90 Å². The van der Waals surface area contributed by atoms with E-state index in [1.54, 1.807) is 0 Å². The molecule has 0 spiro atoms. The molecule has 102 valence electrons. The lowest BCUT2D eigenvalue weighted by Gasteiger charge is -2.27. The van der Waals surface area contributed by atoms with E-state index in [4.69, 9.17) is 0 Å². The minimum absolute atomic E-state index is 0.308. The van der Waals surface area contributed by atoms with E-state index in [0.717, 1.165) is 25.8 Å². The van der Waals surface area contributed by atoms with E-state index in [-0.39, 0.29) is 0 Å². The van der Waals surface area contributed by atoms with Gasteiger partial charge in [0, 0.05) is 19.1 Å². The van der Waals surface area contributed by atoms with Gasteiger partial charge in [-0.15, -0.1) is 0 Å². The van der Waals surface area contributed by atoms with E-state index in [2.05, 4.69) is 36.1 Å². The molecule has 0 radical (unpaired) electrons. The van der Waals surface area contributed by atoms with E-state index < -0.39 is 11.4 Å². The van der Waals surface area contributed by atoms with Gasteiger partial charge < -0.3 is 5.11 Å². The van der Waals surface area contributed by atoms with Crippen LogP contribution in [0.1, 0.15) is 37.8 Å². The van der Waals surface area contributed by atoms with Crippen LogP contribution < -0.4 is 0 Å². The summed E-state index contributed by atoms with van der Waals surface area (Å²) in [6.07, 6.45) is 3.00. The summed E-state index contributed by atoms with van der Waals surface area (Å²) in [4.78, 5) is 14.0. The number of carboxylic acids is 1. The van der Waals surface area contributed by atoms with Crippen molar-refractivity contribution in [2.45, 2.75) is 32.2 Å². The molecule has 0 bridgehead atoms. The number of hydrogen-bond acceptors (Lipinski definition) is 2. The molecule has 1 N–H and O–H groups in total. The molecule has 1 heterocycles. The van der Waals surface area contributed by atoms with Crippen LogP contribution in [-0.4, -0.2) is 29.1 Å². The average Bonchev–Trinajstić information content (AvgIpc) is 2.96. The summed E-state index contributed by atoms with van der Waals surface area (Å²) in [5.41, 5.74) is 0.811. The zero-order valence-electron chi connectivity index (χ0n) is 11.4. The zero-order chi connectivity index (χ0) is 13.5. The zero-order valence-corrected chi connectivity index (χ0v) is 11.4. The molecule has 3 atom stereocenters. The van der Waals surface area contributed by atoms with Gasteiger partial charge in [-0.3, -0.25) is 9.69 Å². The second-order valence-corrected chi connectivity index (χ2v) is 6.07. The van der Waals surface area contributed by atoms with Crippen molar-refractivity contribution in [2.24, 2.45) is 11.3 Å². The number of rotatable bonds is 3. The van der Waals surface area contributed by atoms with Crippen LogP contribution in [0.3, 0.4) is 0 Å². The maximum absolute atomic E-state index is 11.7. The van der Waals surface area contributed by atoms with Gasteiger partial charge in [-0.05, 0) is 31.2 Å². The van der Waals surface area contributed by atoms with Crippen LogP contribution in [0.15, 0.2) is 30.3 Å². The van der Waals surface area contributed by atoms with Crippen molar-refractivity contribution in [3.05, 3.63) is 35.9 Å². The molecule has 1 aromatic rings. The second-order valence-electron chi connectivity index (χ2n) is 6.07. The number of carboxylic acid groups (broad SMARTS) is 1. The molecule has 1 aromatic carbocycles. The Morgan fingerprint density at radius 1 is 1.42 bits per heavy atom. The van der Waals surface area contributed by atoms with Crippen molar-refractivity contribution in [3.63, 3.8) is 0 Å². The number of carbonyl (C=O) groups is 1. The van der Waals surface area contributed by atoms with E-state index in [1.807, 2.05) is 6.07 Å². The Bertz CT molecular complexity index is 473. The molecule has 3 nitrogen and oxygen atoms in total. The largest absolute Gasteiger partial charge is 0.481 e. The average molecular weight is 259 g/mol. The van der Waals surface area contributed by atoms with Crippen molar-refractivity contribution in [1.29, 1.82) is 0 Å². The molecule has 0 amide bonds. The monoisotopic (exact) mass is 259 g/mol. The van der Waals surface area contributed by atoms with Crippen LogP contribution in [0.5, 0.6) is 0 Å². The van der Waals surface area contributed by atoms with E-state index in [1.165, 1.54) is 5.56 Å². The molecule has 2 aliphatic rings. The lowest BCUT2D eigenvalue weighted by molar-refractivity contribution is -0.149. The summed E-state index contributed by atoms with van der Waals surface area (Å²) in [7, 11) is 0. The molecule has 3 heteroatoms. The Labute approximate surface area is 114 Å². The van der Waals surface area contributed by atoms with Gasteiger partial charge in [-0.1, -0.05) is 36.8 Å². The first-order chi connectivity index (χ1) is 9.13. The third-order valence-electron chi connectivity index (χ3n) is 5.15. The third kappa shape index (κ3) is 1.96. The Morgan fingerprint density at radius 2 is 2.16 bits per heavy atom. The van der Waals surface area contributed by atoms with Crippen molar-refractivity contribution in [3.8, 4) is 0 Å². The maximum Gasteiger partial charge on any atom is 0.311 e. The first-order valence-electron chi connectivity index (χ1n) is 7.16. The fraction of sp³-hybridized carbons (Fsp3) is 0.562. The summed E-state index contributed by atoms with van der Waals surface area (Å²) in [5.74, 6) is -0.242. The summed E-state index contributed by atoms with van der Waals surface area (Å²) in [6, 6.07) is 10.7. The fourth-order valence-electron chi connectivity index (χ4n) is 3.92. The summed E-state index contributed by atoms with van der Waals surface area (Å²) in [5, 5.41) is 9.62.